The van der Waals surface area contributed by atoms with Crippen LogP contribution in [-0.2, 0) is 6.42 Å². The molecule has 2 aliphatic rings. The van der Waals surface area contributed by atoms with Gasteiger partial charge in [-0.25, -0.2) is 0 Å². The maximum atomic E-state index is 3.64. The number of rotatable bonds is 0. The van der Waals surface area contributed by atoms with Gasteiger partial charge in [0.2, 0.25) is 0 Å². The summed E-state index contributed by atoms with van der Waals surface area (Å²) in [6.07, 6.45) is 7.99. The number of benzene rings is 1. The zero-order chi connectivity index (χ0) is 12.8. The predicted octanol–water partition coefficient (Wildman–Crippen LogP) is 3.58. The minimum absolute atomic E-state index is 0.430. The fraction of sp³-hybridized carbons (Fsp3) is 0.294. The van der Waals surface area contributed by atoms with Crippen molar-refractivity contribution in [1.82, 2.24) is 9.88 Å². The number of fused-ring (bicyclic) bond motifs is 5. The van der Waals surface area contributed by atoms with Crippen LogP contribution in [0.15, 0.2) is 48.1 Å². The number of H-pyrrole nitrogens is 1. The maximum absolute atomic E-state index is 3.64. The topological polar surface area (TPSA) is 19.0 Å². The van der Waals surface area contributed by atoms with Crippen molar-refractivity contribution in [1.29, 1.82) is 0 Å². The summed E-state index contributed by atoms with van der Waals surface area (Å²) in [7, 11) is 0. The van der Waals surface area contributed by atoms with Crippen LogP contribution in [-0.4, -0.2) is 23.0 Å². The van der Waals surface area contributed by atoms with Gasteiger partial charge in [0, 0.05) is 29.7 Å². The van der Waals surface area contributed by atoms with Crippen molar-refractivity contribution in [3.05, 3.63) is 59.3 Å². The summed E-state index contributed by atoms with van der Waals surface area (Å²) < 4.78 is 0. The molecule has 2 aliphatic heterocycles. The molecule has 1 unspecified atom stereocenters. The second-order valence-electron chi connectivity index (χ2n) is 5.45. The SMILES string of the molecule is C/C=C1\C=CC2c3[nH]c4ccccc4c3CCN2C1. The standard InChI is InChI=1S/C17H18N2/c1-2-12-7-8-16-17-14(9-10-19(16)11-12)13-5-3-4-6-15(13)18-17/h2-8,16,18H,9-11H2,1H3/b12-2+. The molecule has 3 heterocycles. The molecule has 19 heavy (non-hydrogen) atoms. The molecule has 0 bridgehead atoms. The van der Waals surface area contributed by atoms with Crippen LogP contribution < -0.4 is 0 Å². The molecule has 2 aromatic rings. The lowest BCUT2D eigenvalue weighted by Gasteiger charge is -2.37. The Morgan fingerprint density at radius 2 is 2.21 bits per heavy atom. The lowest BCUT2D eigenvalue weighted by Crippen LogP contribution is -2.37. The second kappa shape index (κ2) is 4.10. The summed E-state index contributed by atoms with van der Waals surface area (Å²) in [4.78, 5) is 6.20. The van der Waals surface area contributed by atoms with E-state index in [1.54, 1.807) is 0 Å². The van der Waals surface area contributed by atoms with Crippen molar-refractivity contribution in [3.8, 4) is 0 Å². The highest BCUT2D eigenvalue weighted by Crippen LogP contribution is 2.37. The summed E-state index contributed by atoms with van der Waals surface area (Å²) in [5, 5.41) is 1.40. The van der Waals surface area contributed by atoms with E-state index in [2.05, 4.69) is 59.3 Å². The van der Waals surface area contributed by atoms with Gasteiger partial charge in [0.05, 0.1) is 6.04 Å². The van der Waals surface area contributed by atoms with Gasteiger partial charge in [0.25, 0.3) is 0 Å². The molecule has 0 radical (unpaired) electrons. The molecule has 0 saturated carbocycles. The molecular weight excluding hydrogens is 232 g/mol. The van der Waals surface area contributed by atoms with Gasteiger partial charge in [0.15, 0.2) is 0 Å². The van der Waals surface area contributed by atoms with Crippen LogP contribution in [0, 0.1) is 0 Å². The third-order valence-electron chi connectivity index (χ3n) is 4.43. The number of hydrogen-bond donors (Lipinski definition) is 1. The van der Waals surface area contributed by atoms with E-state index in [0.717, 1.165) is 19.5 Å². The molecule has 1 N–H and O–H groups in total. The predicted molar refractivity (Wildman–Crippen MR) is 79.2 cm³/mol. The molecule has 0 spiro atoms. The molecule has 0 fully saturated rings. The molecule has 0 amide bonds. The van der Waals surface area contributed by atoms with Crippen LogP contribution in [0.3, 0.4) is 0 Å². The third kappa shape index (κ3) is 1.60. The minimum atomic E-state index is 0.430. The Kier molecular flexibility index (Phi) is 2.39. The first-order valence-electron chi connectivity index (χ1n) is 7.04. The Balaban J connectivity index is 1.87. The molecular formula is C17H18N2. The number of hydrogen-bond acceptors (Lipinski definition) is 1. The summed E-state index contributed by atoms with van der Waals surface area (Å²) in [5.41, 5.74) is 5.62. The summed E-state index contributed by atoms with van der Waals surface area (Å²) in [5.74, 6) is 0. The molecule has 1 aromatic heterocycles. The molecule has 4 rings (SSSR count). The van der Waals surface area contributed by atoms with E-state index in [1.807, 2.05) is 0 Å². The Bertz CT molecular complexity index is 690. The number of nitrogens with one attached hydrogen (secondary N) is 1. The summed E-state index contributed by atoms with van der Waals surface area (Å²) in [6, 6.07) is 9.10. The number of para-hydroxylation sites is 1. The largest absolute Gasteiger partial charge is 0.357 e. The number of nitrogens with zero attached hydrogens (tertiary/aromatic N) is 1. The summed E-state index contributed by atoms with van der Waals surface area (Å²) in [6.45, 7) is 4.35. The van der Waals surface area contributed by atoms with Gasteiger partial charge in [0.1, 0.15) is 0 Å². The van der Waals surface area contributed by atoms with Gasteiger partial charge in [-0.3, -0.25) is 4.90 Å². The monoisotopic (exact) mass is 250 g/mol. The average Bonchev–Trinajstić information content (AvgIpc) is 2.85. The third-order valence-corrected chi connectivity index (χ3v) is 4.43. The molecule has 2 nitrogen and oxygen atoms in total. The first-order chi connectivity index (χ1) is 9.36. The van der Waals surface area contributed by atoms with Gasteiger partial charge in [-0.2, -0.15) is 0 Å². The van der Waals surface area contributed by atoms with Crippen LogP contribution in [0.5, 0.6) is 0 Å². The normalized spacial score (nSPS) is 24.7. The highest BCUT2D eigenvalue weighted by Gasteiger charge is 2.30. The van der Waals surface area contributed by atoms with E-state index < -0.39 is 0 Å². The molecule has 0 aliphatic carbocycles. The van der Waals surface area contributed by atoms with Crippen LogP contribution in [0.1, 0.15) is 24.2 Å². The highest BCUT2D eigenvalue weighted by molar-refractivity contribution is 5.85. The van der Waals surface area contributed by atoms with Gasteiger partial charge >= 0.3 is 0 Å². The first kappa shape index (κ1) is 11.1. The van der Waals surface area contributed by atoms with Crippen LogP contribution in [0.2, 0.25) is 0 Å². The van der Waals surface area contributed by atoms with Crippen molar-refractivity contribution < 1.29 is 0 Å². The van der Waals surface area contributed by atoms with Crippen molar-refractivity contribution >= 4 is 10.9 Å². The van der Waals surface area contributed by atoms with Crippen LogP contribution >= 0.6 is 0 Å². The average molecular weight is 250 g/mol. The Morgan fingerprint density at radius 1 is 1.32 bits per heavy atom. The highest BCUT2D eigenvalue weighted by atomic mass is 15.2. The fourth-order valence-electron chi connectivity index (χ4n) is 3.40. The smallest absolute Gasteiger partial charge is 0.0693 e. The first-order valence-corrected chi connectivity index (χ1v) is 7.04. The number of aromatic amines is 1. The van der Waals surface area contributed by atoms with Crippen LogP contribution in [0.25, 0.3) is 10.9 Å². The zero-order valence-corrected chi connectivity index (χ0v) is 11.2. The summed E-state index contributed by atoms with van der Waals surface area (Å²) >= 11 is 0. The lowest BCUT2D eigenvalue weighted by atomic mass is 9.93. The van der Waals surface area contributed by atoms with Gasteiger partial charge in [-0.15, -0.1) is 0 Å². The van der Waals surface area contributed by atoms with E-state index in [4.69, 9.17) is 0 Å². The Hall–Kier alpha value is -1.80. The Labute approximate surface area is 113 Å². The Morgan fingerprint density at radius 3 is 3.11 bits per heavy atom. The number of aromatic nitrogens is 1. The van der Waals surface area contributed by atoms with Crippen molar-refractivity contribution in [2.45, 2.75) is 19.4 Å². The quantitative estimate of drug-likeness (QED) is 0.757. The molecule has 0 saturated heterocycles. The van der Waals surface area contributed by atoms with Crippen molar-refractivity contribution in [2.24, 2.45) is 0 Å². The van der Waals surface area contributed by atoms with E-state index in [9.17, 15) is 0 Å². The van der Waals surface area contributed by atoms with E-state index >= 15 is 0 Å². The lowest BCUT2D eigenvalue weighted by molar-refractivity contribution is 0.230. The fourth-order valence-corrected chi connectivity index (χ4v) is 3.40. The van der Waals surface area contributed by atoms with E-state index in [1.165, 1.54) is 27.7 Å². The maximum Gasteiger partial charge on any atom is 0.0693 e. The van der Waals surface area contributed by atoms with E-state index in [-0.39, 0.29) is 0 Å². The molecule has 96 valence electrons. The minimum Gasteiger partial charge on any atom is -0.357 e. The molecule has 1 atom stereocenters. The molecule has 1 aromatic carbocycles. The zero-order valence-electron chi connectivity index (χ0n) is 11.2. The van der Waals surface area contributed by atoms with Crippen molar-refractivity contribution in [2.75, 3.05) is 13.1 Å². The van der Waals surface area contributed by atoms with E-state index in [0.29, 0.717) is 6.04 Å². The van der Waals surface area contributed by atoms with Gasteiger partial charge in [-0.1, -0.05) is 36.4 Å². The molecule has 2 heteroatoms. The van der Waals surface area contributed by atoms with Gasteiger partial charge < -0.3 is 4.98 Å². The van der Waals surface area contributed by atoms with Crippen LogP contribution in [0.4, 0.5) is 0 Å². The van der Waals surface area contributed by atoms with Gasteiger partial charge in [-0.05, 0) is 30.5 Å². The second-order valence-corrected chi connectivity index (χ2v) is 5.45. The number of allylic oxidation sites excluding steroid dienone is 1. The van der Waals surface area contributed by atoms with Crippen molar-refractivity contribution in [3.63, 3.8) is 0 Å².